The Morgan fingerprint density at radius 2 is 1.84 bits per heavy atom. The molecule has 1 aromatic carbocycles. The van der Waals surface area contributed by atoms with Gasteiger partial charge in [0.05, 0.1) is 19.9 Å². The maximum Gasteiger partial charge on any atom is 0.251 e. The Kier molecular flexibility index (Phi) is 6.32. The Hall–Kier alpha value is -3.19. The summed E-state index contributed by atoms with van der Waals surface area (Å²) in [6.45, 7) is 4.86. The number of methoxy groups -OCH3 is 2. The predicted molar refractivity (Wildman–Crippen MR) is 120 cm³/mol. The van der Waals surface area contributed by atoms with Gasteiger partial charge in [-0.1, -0.05) is 6.07 Å². The zero-order chi connectivity index (χ0) is 21.8. The number of aryl methyl sites for hydroxylation is 1. The van der Waals surface area contributed by atoms with Gasteiger partial charge in [0.25, 0.3) is 5.56 Å². The first-order valence-corrected chi connectivity index (χ1v) is 10.5. The molecular weight excluding hydrogens is 392 g/mol. The summed E-state index contributed by atoms with van der Waals surface area (Å²) >= 11 is 0. The van der Waals surface area contributed by atoms with Crippen LogP contribution < -0.4 is 15.0 Å². The van der Waals surface area contributed by atoms with Crippen molar-refractivity contribution in [1.29, 1.82) is 0 Å². The third kappa shape index (κ3) is 4.77. The molecule has 1 aliphatic heterocycles. The van der Waals surface area contributed by atoms with Crippen LogP contribution in [0.25, 0.3) is 11.5 Å². The number of piperidine rings is 1. The average molecular weight is 421 g/mol. The zero-order valence-corrected chi connectivity index (χ0v) is 18.2. The van der Waals surface area contributed by atoms with Gasteiger partial charge in [-0.2, -0.15) is 0 Å². The lowest BCUT2D eigenvalue weighted by molar-refractivity contribution is 0.202. The average Bonchev–Trinajstić information content (AvgIpc) is 2.80. The van der Waals surface area contributed by atoms with Gasteiger partial charge in [-0.05, 0) is 68.2 Å². The molecular formula is C24H28N4O3. The van der Waals surface area contributed by atoms with Gasteiger partial charge in [0, 0.05) is 24.7 Å². The van der Waals surface area contributed by atoms with Crippen LogP contribution in [0.3, 0.4) is 0 Å². The molecule has 1 aliphatic rings. The molecule has 1 saturated heterocycles. The molecule has 7 nitrogen and oxygen atoms in total. The molecule has 7 heteroatoms. The highest BCUT2D eigenvalue weighted by molar-refractivity contribution is 5.48. The predicted octanol–water partition coefficient (Wildman–Crippen LogP) is 3.54. The number of ether oxygens (including phenoxy) is 2. The van der Waals surface area contributed by atoms with Crippen LogP contribution in [0, 0.1) is 6.92 Å². The minimum Gasteiger partial charge on any atom is -0.493 e. The highest BCUT2D eigenvalue weighted by Crippen LogP contribution is 2.32. The van der Waals surface area contributed by atoms with Gasteiger partial charge >= 0.3 is 0 Å². The summed E-state index contributed by atoms with van der Waals surface area (Å²) in [4.78, 5) is 26.5. The molecule has 4 rings (SSSR count). The standard InChI is InChI=1S/C24H28N4O3/c1-16-12-21(30-2)22(31-3)13-18(16)15-28-10-7-17(8-11-28)20-14-23(29)27-24(26-20)19-6-4-5-9-25-19/h4-6,9,12-14,17H,7-8,10-11,15H2,1-3H3,(H,26,27,29). The molecule has 0 atom stereocenters. The van der Waals surface area contributed by atoms with E-state index in [0.717, 1.165) is 49.7 Å². The van der Waals surface area contributed by atoms with E-state index in [1.54, 1.807) is 26.5 Å². The van der Waals surface area contributed by atoms with E-state index in [4.69, 9.17) is 14.5 Å². The summed E-state index contributed by atoms with van der Waals surface area (Å²) in [5.74, 6) is 2.32. The number of likely N-dealkylation sites (tertiary alicyclic amines) is 1. The first-order chi connectivity index (χ1) is 15.1. The van der Waals surface area contributed by atoms with Gasteiger partial charge in [-0.25, -0.2) is 4.98 Å². The third-order valence-corrected chi connectivity index (χ3v) is 5.91. The van der Waals surface area contributed by atoms with Crippen molar-refractivity contribution in [2.24, 2.45) is 0 Å². The number of aromatic nitrogens is 3. The van der Waals surface area contributed by atoms with Crippen LogP contribution in [0.5, 0.6) is 11.5 Å². The Morgan fingerprint density at radius 3 is 2.52 bits per heavy atom. The summed E-state index contributed by atoms with van der Waals surface area (Å²) in [5.41, 5.74) is 3.84. The molecule has 3 heterocycles. The highest BCUT2D eigenvalue weighted by atomic mass is 16.5. The van der Waals surface area contributed by atoms with Crippen LogP contribution in [-0.4, -0.2) is 47.2 Å². The van der Waals surface area contributed by atoms with Gasteiger partial charge in [-0.3, -0.25) is 14.7 Å². The molecule has 1 N–H and O–H groups in total. The number of hydrogen-bond donors (Lipinski definition) is 1. The molecule has 0 bridgehead atoms. The Balaban J connectivity index is 1.45. The highest BCUT2D eigenvalue weighted by Gasteiger charge is 2.23. The zero-order valence-electron chi connectivity index (χ0n) is 18.2. The van der Waals surface area contributed by atoms with Crippen LogP contribution >= 0.6 is 0 Å². The van der Waals surface area contributed by atoms with Gasteiger partial charge in [0.2, 0.25) is 0 Å². The van der Waals surface area contributed by atoms with E-state index < -0.39 is 0 Å². The fourth-order valence-corrected chi connectivity index (χ4v) is 4.13. The topological polar surface area (TPSA) is 80.3 Å². The number of H-pyrrole nitrogens is 1. The van der Waals surface area contributed by atoms with Crippen molar-refractivity contribution in [3.8, 4) is 23.0 Å². The minimum absolute atomic E-state index is 0.131. The quantitative estimate of drug-likeness (QED) is 0.657. The Bertz CT molecular complexity index is 1090. The van der Waals surface area contributed by atoms with Crippen molar-refractivity contribution in [3.05, 3.63) is 69.8 Å². The Labute approximate surface area is 182 Å². The van der Waals surface area contributed by atoms with Gasteiger partial charge in [-0.15, -0.1) is 0 Å². The van der Waals surface area contributed by atoms with Crippen LogP contribution in [0.4, 0.5) is 0 Å². The lowest BCUT2D eigenvalue weighted by atomic mass is 9.92. The number of nitrogens with zero attached hydrogens (tertiary/aromatic N) is 3. The second-order valence-corrected chi connectivity index (χ2v) is 7.92. The first kappa shape index (κ1) is 21.1. The lowest BCUT2D eigenvalue weighted by Gasteiger charge is -2.32. The molecule has 0 saturated carbocycles. The molecule has 162 valence electrons. The normalized spacial score (nSPS) is 15.1. The third-order valence-electron chi connectivity index (χ3n) is 5.91. The van der Waals surface area contributed by atoms with Gasteiger partial charge < -0.3 is 14.5 Å². The van der Waals surface area contributed by atoms with E-state index >= 15 is 0 Å². The van der Waals surface area contributed by atoms with Crippen molar-refractivity contribution in [1.82, 2.24) is 19.9 Å². The van der Waals surface area contributed by atoms with Crippen molar-refractivity contribution in [2.75, 3.05) is 27.3 Å². The molecule has 0 radical (unpaired) electrons. The summed E-state index contributed by atoms with van der Waals surface area (Å²) in [5, 5.41) is 0. The molecule has 0 unspecified atom stereocenters. The molecule has 2 aromatic heterocycles. The van der Waals surface area contributed by atoms with Crippen molar-refractivity contribution in [2.45, 2.75) is 32.2 Å². The van der Waals surface area contributed by atoms with Crippen molar-refractivity contribution < 1.29 is 9.47 Å². The number of pyridine rings is 1. The molecule has 0 amide bonds. The Morgan fingerprint density at radius 1 is 1.10 bits per heavy atom. The van der Waals surface area contributed by atoms with Crippen molar-refractivity contribution >= 4 is 0 Å². The van der Waals surface area contributed by atoms with Crippen LogP contribution in [0.1, 0.15) is 35.6 Å². The summed E-state index contributed by atoms with van der Waals surface area (Å²) in [7, 11) is 3.32. The van der Waals surface area contributed by atoms with E-state index in [-0.39, 0.29) is 11.5 Å². The maximum absolute atomic E-state index is 12.2. The fourth-order valence-electron chi connectivity index (χ4n) is 4.13. The number of nitrogens with one attached hydrogen (secondary N) is 1. The lowest BCUT2D eigenvalue weighted by Crippen LogP contribution is -2.33. The SMILES string of the molecule is COc1cc(C)c(CN2CCC(c3cc(=O)[nH]c(-c4ccccn4)n3)CC2)cc1OC. The van der Waals surface area contributed by atoms with E-state index in [2.05, 4.69) is 27.9 Å². The van der Waals surface area contributed by atoms with E-state index in [1.165, 1.54) is 11.1 Å². The smallest absolute Gasteiger partial charge is 0.251 e. The maximum atomic E-state index is 12.2. The molecule has 3 aromatic rings. The second-order valence-electron chi connectivity index (χ2n) is 7.92. The molecule has 31 heavy (non-hydrogen) atoms. The second kappa shape index (κ2) is 9.31. The first-order valence-electron chi connectivity index (χ1n) is 10.5. The molecule has 1 fully saturated rings. The summed E-state index contributed by atoms with van der Waals surface area (Å²) < 4.78 is 10.9. The van der Waals surface area contributed by atoms with Crippen LogP contribution in [-0.2, 0) is 6.54 Å². The fraction of sp³-hybridized carbons (Fsp3) is 0.375. The van der Waals surface area contributed by atoms with E-state index in [0.29, 0.717) is 11.5 Å². The summed E-state index contributed by atoms with van der Waals surface area (Å²) in [6, 6.07) is 11.3. The molecule has 0 aliphatic carbocycles. The monoisotopic (exact) mass is 420 g/mol. The van der Waals surface area contributed by atoms with Crippen LogP contribution in [0.2, 0.25) is 0 Å². The minimum atomic E-state index is -0.131. The summed E-state index contributed by atoms with van der Waals surface area (Å²) in [6.07, 6.45) is 3.63. The number of rotatable bonds is 6. The number of benzene rings is 1. The molecule has 0 spiro atoms. The van der Waals surface area contributed by atoms with Gasteiger partial charge in [0.15, 0.2) is 17.3 Å². The van der Waals surface area contributed by atoms with Crippen molar-refractivity contribution in [3.63, 3.8) is 0 Å². The van der Waals surface area contributed by atoms with Gasteiger partial charge in [0.1, 0.15) is 5.69 Å². The van der Waals surface area contributed by atoms with Crippen LogP contribution in [0.15, 0.2) is 47.4 Å². The number of hydrogen-bond acceptors (Lipinski definition) is 6. The number of aromatic amines is 1. The largest absolute Gasteiger partial charge is 0.493 e. The van der Waals surface area contributed by atoms with E-state index in [9.17, 15) is 4.79 Å². The van der Waals surface area contributed by atoms with E-state index in [1.807, 2.05) is 24.3 Å².